The van der Waals surface area contributed by atoms with Gasteiger partial charge < -0.3 is 14.8 Å². The van der Waals surface area contributed by atoms with Gasteiger partial charge in [0.1, 0.15) is 0 Å². The van der Waals surface area contributed by atoms with Crippen molar-refractivity contribution in [3.05, 3.63) is 23.7 Å². The molecule has 0 radical (unpaired) electrons. The lowest BCUT2D eigenvalue weighted by atomic mass is 9.89. The van der Waals surface area contributed by atoms with Gasteiger partial charge in [-0.15, -0.1) is 0 Å². The van der Waals surface area contributed by atoms with Crippen LogP contribution in [-0.4, -0.2) is 23.7 Å². The van der Waals surface area contributed by atoms with Crippen molar-refractivity contribution in [3.63, 3.8) is 0 Å². The first-order valence-corrected chi connectivity index (χ1v) is 5.32. The Labute approximate surface area is 95.7 Å². The van der Waals surface area contributed by atoms with Gasteiger partial charge in [-0.3, -0.25) is 4.79 Å². The van der Waals surface area contributed by atoms with Gasteiger partial charge in [-0.25, -0.2) is 0 Å². The van der Waals surface area contributed by atoms with E-state index < -0.39 is 6.10 Å². The second kappa shape index (κ2) is 4.70. The Morgan fingerprint density at radius 3 is 2.62 bits per heavy atom. The zero-order chi connectivity index (χ0) is 12.3. The molecule has 1 rings (SSSR count). The third kappa shape index (κ3) is 3.10. The van der Waals surface area contributed by atoms with Gasteiger partial charge in [0, 0.05) is 12.1 Å². The topological polar surface area (TPSA) is 62.5 Å². The normalized spacial score (nSPS) is 13.6. The molecule has 2 N–H and O–H groups in total. The molecule has 0 aromatic carbocycles. The zero-order valence-electron chi connectivity index (χ0n) is 10.2. The molecular formula is C12H19NO3. The summed E-state index contributed by atoms with van der Waals surface area (Å²) >= 11 is 0. The second-order valence-corrected chi connectivity index (χ2v) is 5.02. The van der Waals surface area contributed by atoms with Crippen molar-refractivity contribution in [2.75, 3.05) is 6.54 Å². The van der Waals surface area contributed by atoms with Gasteiger partial charge in [-0.05, 0) is 18.4 Å². The van der Waals surface area contributed by atoms with E-state index in [4.69, 9.17) is 4.42 Å². The summed E-state index contributed by atoms with van der Waals surface area (Å²) in [6.45, 7) is 7.78. The first-order valence-electron chi connectivity index (χ1n) is 5.32. The number of rotatable bonds is 3. The van der Waals surface area contributed by atoms with E-state index in [1.54, 1.807) is 13.0 Å². The number of hydrogen-bond donors (Lipinski definition) is 2. The van der Waals surface area contributed by atoms with Crippen molar-refractivity contribution in [3.8, 4) is 0 Å². The molecule has 0 aliphatic heterocycles. The van der Waals surface area contributed by atoms with Crippen LogP contribution >= 0.6 is 0 Å². The summed E-state index contributed by atoms with van der Waals surface area (Å²) in [4.78, 5) is 11.6. The van der Waals surface area contributed by atoms with Crippen LogP contribution in [0.25, 0.3) is 0 Å². The summed E-state index contributed by atoms with van der Waals surface area (Å²) in [5.74, 6) is 0.0203. The minimum absolute atomic E-state index is 0.225. The number of carbonyl (C=O) groups is 1. The highest BCUT2D eigenvalue weighted by atomic mass is 16.3. The molecule has 1 aromatic heterocycles. The van der Waals surface area contributed by atoms with Crippen LogP contribution in [0, 0.1) is 12.3 Å². The van der Waals surface area contributed by atoms with E-state index in [0.29, 0.717) is 5.76 Å². The number of amides is 1. The number of carbonyl (C=O) groups excluding carboxylic acids is 1. The zero-order valence-corrected chi connectivity index (χ0v) is 10.2. The summed E-state index contributed by atoms with van der Waals surface area (Å²) in [6.07, 6.45) is 0.900. The molecule has 0 aliphatic rings. The molecule has 0 bridgehead atoms. The lowest BCUT2D eigenvalue weighted by molar-refractivity contribution is 0.0579. The minimum Gasteiger partial charge on any atom is -0.459 e. The molecule has 1 unspecified atom stereocenters. The Morgan fingerprint density at radius 1 is 1.56 bits per heavy atom. The number of aryl methyl sites for hydroxylation is 1. The number of furan rings is 1. The molecule has 0 spiro atoms. The molecule has 0 saturated carbocycles. The molecule has 90 valence electrons. The van der Waals surface area contributed by atoms with Crippen LogP contribution in [0.4, 0.5) is 0 Å². The lowest BCUT2D eigenvalue weighted by Crippen LogP contribution is -2.39. The van der Waals surface area contributed by atoms with Gasteiger partial charge in [0.25, 0.3) is 5.91 Å². The highest BCUT2D eigenvalue weighted by Crippen LogP contribution is 2.18. The number of aliphatic hydroxyl groups excluding tert-OH is 1. The smallest absolute Gasteiger partial charge is 0.287 e. The van der Waals surface area contributed by atoms with Crippen LogP contribution in [0.5, 0.6) is 0 Å². The number of nitrogens with one attached hydrogen (secondary N) is 1. The molecule has 1 atom stereocenters. The van der Waals surface area contributed by atoms with Gasteiger partial charge in [-0.2, -0.15) is 0 Å². The molecule has 1 amide bonds. The minimum atomic E-state index is -0.577. The summed E-state index contributed by atoms with van der Waals surface area (Å²) in [6, 6.07) is 1.73. The summed E-state index contributed by atoms with van der Waals surface area (Å²) < 4.78 is 5.05. The lowest BCUT2D eigenvalue weighted by Gasteiger charge is -2.25. The van der Waals surface area contributed by atoms with Crippen LogP contribution < -0.4 is 5.32 Å². The highest BCUT2D eigenvalue weighted by molar-refractivity contribution is 5.92. The van der Waals surface area contributed by atoms with Crippen molar-refractivity contribution < 1.29 is 14.3 Å². The van der Waals surface area contributed by atoms with Crippen LogP contribution in [0.1, 0.15) is 36.9 Å². The van der Waals surface area contributed by atoms with E-state index >= 15 is 0 Å². The molecule has 1 aromatic rings. The van der Waals surface area contributed by atoms with Crippen molar-refractivity contribution in [2.45, 2.75) is 33.8 Å². The van der Waals surface area contributed by atoms with Crippen molar-refractivity contribution in [1.82, 2.24) is 5.32 Å². The third-order valence-corrected chi connectivity index (χ3v) is 2.52. The van der Waals surface area contributed by atoms with Gasteiger partial charge >= 0.3 is 0 Å². The SMILES string of the molecule is Cc1ccoc1C(=O)NCC(O)C(C)(C)C. The molecule has 1 heterocycles. The van der Waals surface area contributed by atoms with E-state index in [0.717, 1.165) is 5.56 Å². The van der Waals surface area contributed by atoms with Gasteiger partial charge in [0.15, 0.2) is 5.76 Å². The first-order chi connectivity index (χ1) is 7.32. The monoisotopic (exact) mass is 225 g/mol. The Balaban J connectivity index is 2.52. The van der Waals surface area contributed by atoms with Gasteiger partial charge in [0.2, 0.25) is 0 Å². The van der Waals surface area contributed by atoms with E-state index in [1.807, 2.05) is 20.8 Å². The third-order valence-electron chi connectivity index (χ3n) is 2.52. The maximum atomic E-state index is 11.6. The predicted octanol–water partition coefficient (Wildman–Crippen LogP) is 1.72. The van der Waals surface area contributed by atoms with E-state index in [2.05, 4.69) is 5.32 Å². The van der Waals surface area contributed by atoms with Crippen molar-refractivity contribution >= 4 is 5.91 Å². The molecule has 0 fully saturated rings. The fourth-order valence-corrected chi connectivity index (χ4v) is 1.18. The van der Waals surface area contributed by atoms with Crippen molar-refractivity contribution in [1.29, 1.82) is 0 Å². The van der Waals surface area contributed by atoms with Crippen LogP contribution in [0.2, 0.25) is 0 Å². The highest BCUT2D eigenvalue weighted by Gasteiger charge is 2.23. The van der Waals surface area contributed by atoms with Crippen LogP contribution in [0.15, 0.2) is 16.7 Å². The van der Waals surface area contributed by atoms with Gasteiger partial charge in [-0.1, -0.05) is 20.8 Å². The molecule has 0 saturated heterocycles. The van der Waals surface area contributed by atoms with E-state index in [1.165, 1.54) is 6.26 Å². The summed E-state index contributed by atoms with van der Waals surface area (Å²) in [5.41, 5.74) is 0.550. The summed E-state index contributed by atoms with van der Waals surface area (Å²) in [7, 11) is 0. The van der Waals surface area contributed by atoms with Crippen LogP contribution in [0.3, 0.4) is 0 Å². The average Bonchev–Trinajstić information content (AvgIpc) is 2.58. The van der Waals surface area contributed by atoms with Gasteiger partial charge in [0.05, 0.1) is 12.4 Å². The molecule has 4 heteroatoms. The molecule has 16 heavy (non-hydrogen) atoms. The predicted molar refractivity (Wildman–Crippen MR) is 61.2 cm³/mol. The quantitative estimate of drug-likeness (QED) is 0.823. The fourth-order valence-electron chi connectivity index (χ4n) is 1.18. The fraction of sp³-hybridized carbons (Fsp3) is 0.583. The van der Waals surface area contributed by atoms with E-state index in [9.17, 15) is 9.90 Å². The second-order valence-electron chi connectivity index (χ2n) is 5.02. The Kier molecular flexibility index (Phi) is 3.75. The first kappa shape index (κ1) is 12.8. The van der Waals surface area contributed by atoms with E-state index in [-0.39, 0.29) is 17.9 Å². The molecular weight excluding hydrogens is 206 g/mol. The number of hydrogen-bond acceptors (Lipinski definition) is 3. The molecule has 0 aliphatic carbocycles. The maximum absolute atomic E-state index is 11.6. The largest absolute Gasteiger partial charge is 0.459 e. The van der Waals surface area contributed by atoms with Crippen molar-refractivity contribution in [2.24, 2.45) is 5.41 Å². The molecule has 4 nitrogen and oxygen atoms in total. The Bertz CT molecular complexity index is 363. The van der Waals surface area contributed by atoms with Crippen LogP contribution in [-0.2, 0) is 0 Å². The summed E-state index contributed by atoms with van der Waals surface area (Å²) in [5, 5.41) is 12.4. The number of aliphatic hydroxyl groups is 1. The average molecular weight is 225 g/mol. The standard InChI is InChI=1S/C12H19NO3/c1-8-5-6-16-10(8)11(15)13-7-9(14)12(2,3)4/h5-6,9,14H,7H2,1-4H3,(H,13,15). The maximum Gasteiger partial charge on any atom is 0.287 e. The Hall–Kier alpha value is -1.29. The Morgan fingerprint density at radius 2 is 2.19 bits per heavy atom.